The van der Waals surface area contributed by atoms with Gasteiger partial charge in [0.25, 0.3) is 0 Å². The minimum atomic E-state index is 0.321. The molecule has 0 aromatic heterocycles. The first-order valence-corrected chi connectivity index (χ1v) is 8.22. The molecule has 0 radical (unpaired) electrons. The zero-order chi connectivity index (χ0) is 14.0. The van der Waals surface area contributed by atoms with Crippen LogP contribution in [0.4, 0.5) is 5.69 Å². The van der Waals surface area contributed by atoms with Crippen molar-refractivity contribution in [1.82, 2.24) is 5.32 Å². The standard InChI is InChI=1S/C18H20N2O/c21-16-8-7-11-10-14-12(5-3-9-19-14)17-13-4-1-2-6-15(13)20(16)18(11)17/h1-2,4,6,11,14,18-19H,3,5,7-10H2/t11-,14-,18+/m0/s1. The molecule has 21 heavy (non-hydrogen) atoms. The van der Waals surface area contributed by atoms with Crippen molar-refractivity contribution in [3.8, 4) is 0 Å². The van der Waals surface area contributed by atoms with E-state index in [4.69, 9.17) is 0 Å². The van der Waals surface area contributed by atoms with Crippen molar-refractivity contribution in [3.05, 3.63) is 35.4 Å². The summed E-state index contributed by atoms with van der Waals surface area (Å²) in [5, 5.41) is 3.72. The van der Waals surface area contributed by atoms with Crippen molar-refractivity contribution < 1.29 is 4.79 Å². The van der Waals surface area contributed by atoms with Gasteiger partial charge in [-0.2, -0.15) is 0 Å². The molecule has 3 atom stereocenters. The van der Waals surface area contributed by atoms with Crippen LogP contribution in [0.1, 0.15) is 37.7 Å². The molecule has 4 aliphatic rings. The van der Waals surface area contributed by atoms with Gasteiger partial charge in [-0.3, -0.25) is 4.79 Å². The van der Waals surface area contributed by atoms with Crippen LogP contribution in [0, 0.1) is 5.92 Å². The normalized spacial score (nSPS) is 33.6. The van der Waals surface area contributed by atoms with Gasteiger partial charge < -0.3 is 10.2 Å². The number of nitrogens with one attached hydrogen (secondary N) is 1. The molecule has 3 aliphatic heterocycles. The number of para-hydroxylation sites is 1. The number of carbonyl (C=O) groups excluding carboxylic acids is 1. The number of hydrogen-bond donors (Lipinski definition) is 1. The van der Waals surface area contributed by atoms with E-state index in [1.807, 2.05) is 0 Å². The molecule has 5 rings (SSSR count). The maximum Gasteiger partial charge on any atom is 0.227 e. The lowest BCUT2D eigenvalue weighted by Crippen LogP contribution is -2.52. The Kier molecular flexibility index (Phi) is 2.40. The van der Waals surface area contributed by atoms with Crippen molar-refractivity contribution in [2.24, 2.45) is 5.92 Å². The topological polar surface area (TPSA) is 32.3 Å². The van der Waals surface area contributed by atoms with Gasteiger partial charge in [0.05, 0.1) is 11.7 Å². The fourth-order valence-corrected chi connectivity index (χ4v) is 4.99. The van der Waals surface area contributed by atoms with Crippen LogP contribution < -0.4 is 10.2 Å². The van der Waals surface area contributed by atoms with Crippen LogP contribution in [0.25, 0.3) is 5.57 Å². The quantitative estimate of drug-likeness (QED) is 0.792. The van der Waals surface area contributed by atoms with Crippen LogP contribution in [0.3, 0.4) is 0 Å². The molecule has 3 heterocycles. The van der Waals surface area contributed by atoms with Crippen LogP contribution in [-0.2, 0) is 4.79 Å². The third-order valence-corrected chi connectivity index (χ3v) is 5.79. The summed E-state index contributed by atoms with van der Waals surface area (Å²) in [6.07, 6.45) is 5.41. The second kappa shape index (κ2) is 4.20. The van der Waals surface area contributed by atoms with Crippen LogP contribution in [0.2, 0.25) is 0 Å². The lowest BCUT2D eigenvalue weighted by atomic mass is 9.71. The molecule has 1 amide bonds. The van der Waals surface area contributed by atoms with Gasteiger partial charge in [0.15, 0.2) is 0 Å². The van der Waals surface area contributed by atoms with E-state index in [0.717, 1.165) is 18.7 Å². The van der Waals surface area contributed by atoms with E-state index < -0.39 is 0 Å². The lowest BCUT2D eigenvalue weighted by molar-refractivity contribution is -0.120. The van der Waals surface area contributed by atoms with Gasteiger partial charge in [-0.25, -0.2) is 0 Å². The van der Waals surface area contributed by atoms with E-state index in [9.17, 15) is 4.79 Å². The molecule has 1 aromatic carbocycles. The van der Waals surface area contributed by atoms with Crippen molar-refractivity contribution in [1.29, 1.82) is 0 Å². The van der Waals surface area contributed by atoms with Crippen LogP contribution in [0.15, 0.2) is 29.8 Å². The lowest BCUT2D eigenvalue weighted by Gasteiger charge is -2.45. The minimum Gasteiger partial charge on any atom is -0.310 e. The average Bonchev–Trinajstić information content (AvgIpc) is 2.88. The van der Waals surface area contributed by atoms with Crippen molar-refractivity contribution in [2.45, 2.75) is 44.2 Å². The molecule has 2 fully saturated rings. The van der Waals surface area contributed by atoms with Crippen LogP contribution >= 0.6 is 0 Å². The van der Waals surface area contributed by atoms with Gasteiger partial charge in [-0.05, 0) is 55.4 Å². The van der Waals surface area contributed by atoms with Gasteiger partial charge in [0.2, 0.25) is 5.91 Å². The first-order chi connectivity index (χ1) is 10.3. The summed E-state index contributed by atoms with van der Waals surface area (Å²) in [6, 6.07) is 9.41. The van der Waals surface area contributed by atoms with Crippen molar-refractivity contribution >= 4 is 17.2 Å². The van der Waals surface area contributed by atoms with Gasteiger partial charge in [0, 0.05) is 18.0 Å². The van der Waals surface area contributed by atoms with Crippen molar-refractivity contribution in [2.75, 3.05) is 11.4 Å². The summed E-state index contributed by atoms with van der Waals surface area (Å²) >= 11 is 0. The summed E-state index contributed by atoms with van der Waals surface area (Å²) in [7, 11) is 0. The molecule has 3 nitrogen and oxygen atoms in total. The number of amides is 1. The zero-order valence-electron chi connectivity index (χ0n) is 12.1. The van der Waals surface area contributed by atoms with Gasteiger partial charge in [-0.15, -0.1) is 0 Å². The van der Waals surface area contributed by atoms with E-state index in [-0.39, 0.29) is 0 Å². The molecular weight excluding hydrogens is 260 g/mol. The molecule has 1 N–H and O–H groups in total. The first-order valence-electron chi connectivity index (χ1n) is 8.22. The number of nitrogens with zero attached hydrogens (tertiary/aromatic N) is 1. The van der Waals surface area contributed by atoms with Gasteiger partial charge in [0.1, 0.15) is 0 Å². The largest absolute Gasteiger partial charge is 0.310 e. The molecule has 0 unspecified atom stereocenters. The maximum absolute atomic E-state index is 12.5. The van der Waals surface area contributed by atoms with E-state index in [0.29, 0.717) is 30.3 Å². The molecule has 1 aliphatic carbocycles. The van der Waals surface area contributed by atoms with Crippen molar-refractivity contribution in [3.63, 3.8) is 0 Å². The summed E-state index contributed by atoms with van der Waals surface area (Å²) < 4.78 is 0. The smallest absolute Gasteiger partial charge is 0.227 e. The number of fused-ring (bicyclic) bond motifs is 4. The summed E-state index contributed by atoms with van der Waals surface area (Å²) in [5.74, 6) is 0.950. The van der Waals surface area contributed by atoms with Gasteiger partial charge in [-0.1, -0.05) is 18.2 Å². The Morgan fingerprint density at radius 3 is 3.05 bits per heavy atom. The second-order valence-electron chi connectivity index (χ2n) is 6.81. The number of carbonyl (C=O) groups is 1. The SMILES string of the molecule is O=C1CC[C@H]2C[C@@H]3NCCCC3=C3c4ccccc4N1[C@@H]32. The van der Waals surface area contributed by atoms with Gasteiger partial charge >= 0.3 is 0 Å². The average molecular weight is 280 g/mol. The first kappa shape index (κ1) is 12.0. The minimum absolute atomic E-state index is 0.321. The molecular formula is C18H20N2O. The Balaban J connectivity index is 1.77. The highest BCUT2D eigenvalue weighted by Crippen LogP contribution is 2.53. The molecule has 3 heteroatoms. The predicted octanol–water partition coefficient (Wildman–Crippen LogP) is 2.72. The zero-order valence-corrected chi connectivity index (χ0v) is 12.1. The number of benzene rings is 1. The fourth-order valence-electron chi connectivity index (χ4n) is 4.99. The predicted molar refractivity (Wildman–Crippen MR) is 83.0 cm³/mol. The van der Waals surface area contributed by atoms with Crippen LogP contribution in [0.5, 0.6) is 0 Å². The number of hydrogen-bond acceptors (Lipinski definition) is 2. The van der Waals surface area contributed by atoms with E-state index in [1.165, 1.54) is 30.4 Å². The Hall–Kier alpha value is -1.61. The molecule has 2 saturated heterocycles. The highest BCUT2D eigenvalue weighted by atomic mass is 16.2. The summed E-state index contributed by atoms with van der Waals surface area (Å²) in [4.78, 5) is 14.6. The summed E-state index contributed by atoms with van der Waals surface area (Å²) in [5.41, 5.74) is 5.57. The third-order valence-electron chi connectivity index (χ3n) is 5.79. The molecule has 0 spiro atoms. The Morgan fingerprint density at radius 2 is 2.10 bits per heavy atom. The second-order valence-corrected chi connectivity index (χ2v) is 6.81. The maximum atomic E-state index is 12.5. The van der Waals surface area contributed by atoms with E-state index >= 15 is 0 Å². The van der Waals surface area contributed by atoms with Crippen LogP contribution in [-0.4, -0.2) is 24.5 Å². The number of anilines is 1. The fraction of sp³-hybridized carbons (Fsp3) is 0.500. The highest BCUT2D eigenvalue weighted by molar-refractivity contribution is 6.06. The number of rotatable bonds is 0. The Bertz CT molecular complexity index is 663. The van der Waals surface area contributed by atoms with E-state index in [2.05, 4.69) is 34.5 Å². The molecule has 0 saturated carbocycles. The monoisotopic (exact) mass is 280 g/mol. The summed E-state index contributed by atoms with van der Waals surface area (Å²) in [6.45, 7) is 1.14. The molecule has 108 valence electrons. The Labute approximate surface area is 125 Å². The Morgan fingerprint density at radius 1 is 1.19 bits per heavy atom. The third kappa shape index (κ3) is 1.50. The number of piperidine rings is 2. The highest BCUT2D eigenvalue weighted by Gasteiger charge is 2.49. The molecule has 1 aromatic rings. The molecule has 0 bridgehead atoms. The van der Waals surface area contributed by atoms with E-state index in [1.54, 1.807) is 5.57 Å².